The number of rotatable bonds is 5. The molecule has 4 rings (SSSR count). The topological polar surface area (TPSA) is 63.5 Å². The molecule has 1 amide bonds. The lowest BCUT2D eigenvalue weighted by atomic mass is 10.2. The molecular weight excluding hydrogens is 368 g/mol. The van der Waals surface area contributed by atoms with E-state index < -0.39 is 6.61 Å². The predicted molar refractivity (Wildman–Crippen MR) is 97.8 cm³/mol. The minimum atomic E-state index is -2.87. The molecule has 2 fully saturated rings. The van der Waals surface area contributed by atoms with Crippen LogP contribution in [0, 0.1) is 6.92 Å². The highest BCUT2D eigenvalue weighted by Gasteiger charge is 2.32. The zero-order valence-corrected chi connectivity index (χ0v) is 15.7. The van der Waals surface area contributed by atoms with Crippen LogP contribution < -0.4 is 4.74 Å². The molecule has 1 saturated heterocycles. The number of hydrogen-bond donors (Lipinski definition) is 0. The lowest BCUT2D eigenvalue weighted by molar-refractivity contribution is -0.0498. The van der Waals surface area contributed by atoms with Crippen molar-refractivity contribution in [2.45, 2.75) is 38.8 Å². The third-order valence-corrected chi connectivity index (χ3v) is 5.28. The molecule has 1 aliphatic carbocycles. The number of hydrogen-bond acceptors (Lipinski definition) is 5. The van der Waals surface area contributed by atoms with E-state index >= 15 is 0 Å². The molecule has 0 radical (unpaired) electrons. The molecule has 28 heavy (non-hydrogen) atoms. The number of carbonyl (C=O) groups is 1. The third kappa shape index (κ3) is 3.99. The largest absolute Gasteiger partial charge is 0.435 e. The molecule has 2 aromatic rings. The number of nitrogens with zero attached hydrogens (tertiary/aromatic N) is 5. The van der Waals surface area contributed by atoms with Crippen LogP contribution >= 0.6 is 0 Å². The van der Waals surface area contributed by atoms with Crippen LogP contribution in [-0.4, -0.2) is 69.5 Å². The Morgan fingerprint density at radius 3 is 2.57 bits per heavy atom. The molecule has 0 atom stereocenters. The smallest absolute Gasteiger partial charge is 0.387 e. The third-order valence-electron chi connectivity index (χ3n) is 5.28. The highest BCUT2D eigenvalue weighted by Crippen LogP contribution is 2.27. The van der Waals surface area contributed by atoms with Gasteiger partial charge in [0.1, 0.15) is 5.75 Å². The predicted octanol–water partition coefficient (Wildman–Crippen LogP) is 2.49. The number of carbonyl (C=O) groups excluding carboxylic acids is 1. The summed E-state index contributed by atoms with van der Waals surface area (Å²) in [6.07, 6.45) is 3.49. The highest BCUT2D eigenvalue weighted by atomic mass is 19.3. The van der Waals surface area contributed by atoms with Gasteiger partial charge in [-0.1, -0.05) is 5.21 Å². The summed E-state index contributed by atoms with van der Waals surface area (Å²) < 4.78 is 30.5. The van der Waals surface area contributed by atoms with E-state index in [0.29, 0.717) is 36.2 Å². The van der Waals surface area contributed by atoms with Crippen LogP contribution in [0.5, 0.6) is 5.75 Å². The van der Waals surface area contributed by atoms with Crippen molar-refractivity contribution in [3.8, 4) is 11.4 Å². The van der Waals surface area contributed by atoms with E-state index in [0.717, 1.165) is 19.5 Å². The van der Waals surface area contributed by atoms with Crippen molar-refractivity contribution in [1.82, 2.24) is 24.8 Å². The molecule has 150 valence electrons. The molecule has 1 aromatic carbocycles. The Balaban J connectivity index is 1.47. The van der Waals surface area contributed by atoms with Gasteiger partial charge in [0.15, 0.2) is 5.69 Å². The molecule has 7 nitrogen and oxygen atoms in total. The van der Waals surface area contributed by atoms with Gasteiger partial charge < -0.3 is 9.64 Å². The van der Waals surface area contributed by atoms with E-state index in [4.69, 9.17) is 0 Å². The number of alkyl halides is 2. The first-order chi connectivity index (χ1) is 13.5. The first kappa shape index (κ1) is 18.8. The van der Waals surface area contributed by atoms with Crippen molar-refractivity contribution in [2.75, 3.05) is 26.2 Å². The number of aromatic nitrogens is 3. The number of ether oxygens (including phenoxy) is 1. The van der Waals surface area contributed by atoms with Gasteiger partial charge in [-0.3, -0.25) is 9.69 Å². The molecule has 0 bridgehead atoms. The molecule has 0 spiro atoms. The summed E-state index contributed by atoms with van der Waals surface area (Å²) >= 11 is 0. The van der Waals surface area contributed by atoms with Crippen LogP contribution in [0.2, 0.25) is 0 Å². The second kappa shape index (κ2) is 7.83. The Kier molecular flexibility index (Phi) is 5.25. The maximum absolute atomic E-state index is 13.0. The van der Waals surface area contributed by atoms with Gasteiger partial charge in [-0.2, -0.15) is 8.78 Å². The zero-order valence-electron chi connectivity index (χ0n) is 15.7. The van der Waals surface area contributed by atoms with Crippen molar-refractivity contribution in [3.63, 3.8) is 0 Å². The molecule has 0 unspecified atom stereocenters. The number of benzene rings is 1. The van der Waals surface area contributed by atoms with E-state index in [2.05, 4.69) is 19.9 Å². The van der Waals surface area contributed by atoms with Gasteiger partial charge >= 0.3 is 6.61 Å². The van der Waals surface area contributed by atoms with Gasteiger partial charge in [-0.25, -0.2) is 4.68 Å². The second-order valence-electron chi connectivity index (χ2n) is 7.22. The maximum atomic E-state index is 13.0. The van der Waals surface area contributed by atoms with E-state index in [1.54, 1.807) is 19.1 Å². The molecule has 2 aliphatic rings. The van der Waals surface area contributed by atoms with Gasteiger partial charge in [0.25, 0.3) is 5.91 Å². The van der Waals surface area contributed by atoms with Crippen LogP contribution in [0.3, 0.4) is 0 Å². The van der Waals surface area contributed by atoms with Crippen LogP contribution in [0.15, 0.2) is 24.3 Å². The zero-order chi connectivity index (χ0) is 19.7. The summed E-state index contributed by atoms with van der Waals surface area (Å²) in [5, 5.41) is 8.18. The van der Waals surface area contributed by atoms with Crippen molar-refractivity contribution in [3.05, 3.63) is 35.7 Å². The number of halogens is 2. The lowest BCUT2D eigenvalue weighted by Crippen LogP contribution is -2.36. The lowest BCUT2D eigenvalue weighted by Gasteiger charge is -2.21. The molecule has 1 aliphatic heterocycles. The van der Waals surface area contributed by atoms with Gasteiger partial charge in [-0.05, 0) is 50.5 Å². The van der Waals surface area contributed by atoms with Gasteiger partial charge in [0.05, 0.1) is 11.4 Å². The van der Waals surface area contributed by atoms with E-state index in [-0.39, 0.29) is 11.7 Å². The standard InChI is InChI=1S/C19H23F2N5O2/c1-13-17(18(27)25-10-2-9-24(11-12-25)14-3-4-14)22-23-26(13)15-5-7-16(8-6-15)28-19(20)21/h5-8,14,19H,2-4,9-12H2,1H3. The van der Waals surface area contributed by atoms with E-state index in [1.165, 1.54) is 29.7 Å². The Labute approximate surface area is 161 Å². The molecule has 1 aromatic heterocycles. The normalized spacial score (nSPS) is 18.4. The Morgan fingerprint density at radius 1 is 1.14 bits per heavy atom. The van der Waals surface area contributed by atoms with E-state index in [9.17, 15) is 13.6 Å². The maximum Gasteiger partial charge on any atom is 0.387 e. The minimum absolute atomic E-state index is 0.0672. The van der Waals surface area contributed by atoms with Crippen molar-refractivity contribution in [2.24, 2.45) is 0 Å². The van der Waals surface area contributed by atoms with Gasteiger partial charge in [0, 0.05) is 32.2 Å². The molecule has 0 N–H and O–H groups in total. The fourth-order valence-electron chi connectivity index (χ4n) is 3.64. The van der Waals surface area contributed by atoms with Gasteiger partial charge in [-0.15, -0.1) is 5.10 Å². The van der Waals surface area contributed by atoms with Crippen molar-refractivity contribution >= 4 is 5.91 Å². The van der Waals surface area contributed by atoms with Crippen LogP contribution in [0.25, 0.3) is 5.69 Å². The highest BCUT2D eigenvalue weighted by molar-refractivity contribution is 5.93. The monoisotopic (exact) mass is 391 g/mol. The van der Waals surface area contributed by atoms with E-state index in [1.807, 2.05) is 4.90 Å². The van der Waals surface area contributed by atoms with Crippen LogP contribution in [0.4, 0.5) is 8.78 Å². The van der Waals surface area contributed by atoms with Crippen molar-refractivity contribution in [1.29, 1.82) is 0 Å². The first-order valence-electron chi connectivity index (χ1n) is 9.54. The van der Waals surface area contributed by atoms with Crippen molar-refractivity contribution < 1.29 is 18.3 Å². The minimum Gasteiger partial charge on any atom is -0.435 e. The summed E-state index contributed by atoms with van der Waals surface area (Å²) in [4.78, 5) is 17.3. The summed E-state index contributed by atoms with van der Waals surface area (Å²) in [7, 11) is 0. The summed E-state index contributed by atoms with van der Waals surface area (Å²) in [6.45, 7) is 2.26. The number of amides is 1. The van der Waals surface area contributed by atoms with Gasteiger partial charge in [0.2, 0.25) is 0 Å². The summed E-state index contributed by atoms with van der Waals surface area (Å²) in [6, 6.07) is 6.78. The summed E-state index contributed by atoms with van der Waals surface area (Å²) in [5.41, 5.74) is 1.57. The molecular formula is C19H23F2N5O2. The molecule has 9 heteroatoms. The van der Waals surface area contributed by atoms with Crippen LogP contribution in [0.1, 0.15) is 35.4 Å². The first-order valence-corrected chi connectivity index (χ1v) is 9.54. The molecule has 1 saturated carbocycles. The average molecular weight is 391 g/mol. The Morgan fingerprint density at radius 2 is 1.89 bits per heavy atom. The Hall–Kier alpha value is -2.55. The quantitative estimate of drug-likeness (QED) is 0.784. The summed E-state index contributed by atoms with van der Waals surface area (Å²) in [5.74, 6) is -0.0448. The SMILES string of the molecule is Cc1c(C(=O)N2CCCN(C3CC3)CC2)nnn1-c1ccc(OC(F)F)cc1. The fraction of sp³-hybridized carbons (Fsp3) is 0.526. The Bertz CT molecular complexity index is 835. The molecule has 2 heterocycles. The fourth-order valence-corrected chi connectivity index (χ4v) is 3.64. The van der Waals surface area contributed by atoms with Crippen LogP contribution in [-0.2, 0) is 0 Å². The second-order valence-corrected chi connectivity index (χ2v) is 7.22. The average Bonchev–Trinajstić information content (AvgIpc) is 3.47.